The molecule has 1 atom stereocenters. The number of nitrogens with zero attached hydrogens (tertiary/aromatic N) is 2. The average molecular weight is 531 g/mol. The van der Waals surface area contributed by atoms with Crippen LogP contribution in [0.5, 0.6) is 11.5 Å². The summed E-state index contributed by atoms with van der Waals surface area (Å²) in [7, 11) is 0. The van der Waals surface area contributed by atoms with E-state index in [1.54, 1.807) is 20.8 Å². The molecule has 1 saturated heterocycles. The number of nitrogens with one attached hydrogen (secondary N) is 1. The van der Waals surface area contributed by atoms with Gasteiger partial charge in [0.15, 0.2) is 17.4 Å². The Morgan fingerprint density at radius 3 is 2.38 bits per heavy atom. The predicted octanol–water partition coefficient (Wildman–Crippen LogP) is 6.43. The van der Waals surface area contributed by atoms with Crippen LogP contribution in [0.3, 0.4) is 0 Å². The molecule has 202 valence electrons. The zero-order chi connectivity index (χ0) is 27.5. The molecule has 1 aliphatic heterocycles. The first-order valence-electron chi connectivity index (χ1n) is 11.4. The van der Waals surface area contributed by atoms with Gasteiger partial charge in [-0.1, -0.05) is 6.07 Å². The van der Waals surface area contributed by atoms with Crippen LogP contribution >= 0.6 is 0 Å². The van der Waals surface area contributed by atoms with Gasteiger partial charge in [-0.05, 0) is 57.7 Å². The molecule has 1 fully saturated rings. The fourth-order valence-electron chi connectivity index (χ4n) is 4.05. The first-order valence-corrected chi connectivity index (χ1v) is 11.4. The Kier molecular flexibility index (Phi) is 8.13. The van der Waals surface area contributed by atoms with Crippen LogP contribution in [0.1, 0.15) is 39.2 Å². The lowest BCUT2D eigenvalue weighted by Gasteiger charge is -2.35. The van der Waals surface area contributed by atoms with Gasteiger partial charge in [0, 0.05) is 25.7 Å². The van der Waals surface area contributed by atoms with Gasteiger partial charge in [0.05, 0.1) is 4.92 Å². The molecule has 3 rings (SSSR count). The van der Waals surface area contributed by atoms with Crippen molar-refractivity contribution >= 4 is 17.5 Å². The molecule has 0 spiro atoms. The van der Waals surface area contributed by atoms with Crippen LogP contribution in [0.25, 0.3) is 0 Å². The fourth-order valence-corrected chi connectivity index (χ4v) is 4.05. The molecule has 37 heavy (non-hydrogen) atoms. The highest BCUT2D eigenvalue weighted by Crippen LogP contribution is 2.49. The molecule has 0 bridgehead atoms. The molecule has 1 aliphatic rings. The number of halogens is 5. The summed E-state index contributed by atoms with van der Waals surface area (Å²) in [5.41, 5.74) is -3.88. The standard InChI is InChI=1S/C24H26F5N3O5/c1-23(2,3)37-22(33)30-12-14-6-5-11-31(13-14)20-17(32(34)35)9-10-18(19(20)24(27,28)29)36-21-15(25)7-4-8-16(21)26/h4,7-10,14H,5-6,11-13H2,1-3H3,(H,30,33)/t14-/m0/s1. The number of nitro benzene ring substituents is 1. The first kappa shape index (κ1) is 27.9. The highest BCUT2D eigenvalue weighted by atomic mass is 19.4. The van der Waals surface area contributed by atoms with E-state index in [0.29, 0.717) is 18.9 Å². The van der Waals surface area contributed by atoms with Crippen LogP contribution in [0, 0.1) is 27.7 Å². The van der Waals surface area contributed by atoms with Crippen molar-refractivity contribution < 1.29 is 41.1 Å². The second kappa shape index (κ2) is 10.8. The van der Waals surface area contributed by atoms with Crippen LogP contribution in [0.15, 0.2) is 30.3 Å². The number of nitro groups is 1. The third-order valence-electron chi connectivity index (χ3n) is 5.50. The quantitative estimate of drug-likeness (QED) is 0.263. The smallest absolute Gasteiger partial charge is 0.422 e. The largest absolute Gasteiger partial charge is 0.450 e. The number of alkyl carbamates (subject to hydrolysis) is 1. The van der Waals surface area contributed by atoms with Crippen LogP contribution < -0.4 is 15.0 Å². The number of alkyl halides is 3. The fraction of sp³-hybridized carbons (Fsp3) is 0.458. The molecule has 13 heteroatoms. The average Bonchev–Trinajstić information content (AvgIpc) is 2.78. The summed E-state index contributed by atoms with van der Waals surface area (Å²) in [5.74, 6) is -4.87. The summed E-state index contributed by atoms with van der Waals surface area (Å²) in [6.07, 6.45) is -4.95. The Hall–Kier alpha value is -3.64. The number of ether oxygens (including phenoxy) is 2. The van der Waals surface area contributed by atoms with E-state index in [4.69, 9.17) is 9.47 Å². The number of anilines is 1. The molecule has 0 saturated carbocycles. The number of piperidine rings is 1. The molecule has 8 nitrogen and oxygen atoms in total. The van der Waals surface area contributed by atoms with Gasteiger partial charge in [0.25, 0.3) is 5.69 Å². The molecule has 1 amide bonds. The summed E-state index contributed by atoms with van der Waals surface area (Å²) >= 11 is 0. The number of hydrogen-bond donors (Lipinski definition) is 1. The molecule has 0 unspecified atom stereocenters. The molecular formula is C24H26F5N3O5. The normalized spacial score (nSPS) is 16.3. The minimum atomic E-state index is -5.17. The van der Waals surface area contributed by atoms with Crippen molar-refractivity contribution in [2.24, 2.45) is 5.92 Å². The summed E-state index contributed by atoms with van der Waals surface area (Å²) in [6, 6.07) is 4.11. The van der Waals surface area contributed by atoms with E-state index in [0.717, 1.165) is 24.3 Å². The monoisotopic (exact) mass is 531 g/mol. The molecular weight excluding hydrogens is 505 g/mol. The van der Waals surface area contributed by atoms with E-state index >= 15 is 0 Å². The minimum Gasteiger partial charge on any atom is -0.450 e. The van der Waals surface area contributed by atoms with E-state index < -0.39 is 62.9 Å². The lowest BCUT2D eigenvalue weighted by molar-refractivity contribution is -0.384. The SMILES string of the molecule is CC(C)(C)OC(=O)NC[C@@H]1CCCN(c2c([N+](=O)[O-])ccc(Oc3c(F)cccc3F)c2C(F)(F)F)C1. The van der Waals surface area contributed by atoms with Crippen molar-refractivity contribution in [2.75, 3.05) is 24.5 Å². The van der Waals surface area contributed by atoms with Crippen molar-refractivity contribution in [1.82, 2.24) is 5.32 Å². The van der Waals surface area contributed by atoms with Crippen molar-refractivity contribution in [3.8, 4) is 11.5 Å². The summed E-state index contributed by atoms with van der Waals surface area (Å²) in [5, 5.41) is 14.3. The number of amides is 1. The molecule has 1 N–H and O–H groups in total. The van der Waals surface area contributed by atoms with Crippen molar-refractivity contribution in [3.63, 3.8) is 0 Å². The number of hydrogen-bond acceptors (Lipinski definition) is 6. The lowest BCUT2D eigenvalue weighted by Crippen LogP contribution is -2.43. The number of para-hydroxylation sites is 1. The Labute approximate surface area is 209 Å². The van der Waals surface area contributed by atoms with Gasteiger partial charge in [-0.25, -0.2) is 13.6 Å². The van der Waals surface area contributed by atoms with Crippen molar-refractivity contribution in [3.05, 3.63) is 57.6 Å². The Bertz CT molecular complexity index is 1150. The zero-order valence-electron chi connectivity index (χ0n) is 20.3. The maximum Gasteiger partial charge on any atom is 0.422 e. The van der Waals surface area contributed by atoms with E-state index in [1.807, 2.05) is 0 Å². The third-order valence-corrected chi connectivity index (χ3v) is 5.50. The Morgan fingerprint density at radius 2 is 1.81 bits per heavy atom. The first-order chi connectivity index (χ1) is 17.2. The zero-order valence-corrected chi connectivity index (χ0v) is 20.3. The van der Waals surface area contributed by atoms with Gasteiger partial charge < -0.3 is 19.7 Å². The molecule has 0 radical (unpaired) electrons. The molecule has 1 heterocycles. The summed E-state index contributed by atoms with van der Waals surface area (Å²) in [6.45, 7) is 5.08. The number of carbonyl (C=O) groups is 1. The Morgan fingerprint density at radius 1 is 1.16 bits per heavy atom. The van der Waals surface area contributed by atoms with Gasteiger partial charge in [0.1, 0.15) is 22.6 Å². The topological polar surface area (TPSA) is 93.9 Å². The maximum absolute atomic E-state index is 14.3. The van der Waals surface area contributed by atoms with Gasteiger partial charge in [-0.3, -0.25) is 10.1 Å². The second-order valence-corrected chi connectivity index (χ2v) is 9.55. The van der Waals surface area contributed by atoms with Gasteiger partial charge in [-0.15, -0.1) is 0 Å². The minimum absolute atomic E-state index is 0.0460. The molecule has 0 aromatic heterocycles. The van der Waals surface area contributed by atoms with Crippen molar-refractivity contribution in [1.29, 1.82) is 0 Å². The van der Waals surface area contributed by atoms with Crippen LogP contribution in [0.4, 0.5) is 38.1 Å². The highest BCUT2D eigenvalue weighted by molar-refractivity contribution is 5.73. The molecule has 2 aromatic rings. The summed E-state index contributed by atoms with van der Waals surface area (Å²) in [4.78, 5) is 24.0. The van der Waals surface area contributed by atoms with E-state index in [9.17, 15) is 36.9 Å². The van der Waals surface area contributed by atoms with Gasteiger partial charge in [0.2, 0.25) is 0 Å². The number of rotatable bonds is 6. The lowest BCUT2D eigenvalue weighted by atomic mass is 9.96. The number of benzene rings is 2. The van der Waals surface area contributed by atoms with Gasteiger partial charge >= 0.3 is 12.3 Å². The highest BCUT2D eigenvalue weighted by Gasteiger charge is 2.44. The Balaban J connectivity index is 1.99. The summed E-state index contributed by atoms with van der Waals surface area (Å²) < 4.78 is 81.4. The van der Waals surface area contributed by atoms with Crippen LogP contribution in [-0.4, -0.2) is 36.3 Å². The van der Waals surface area contributed by atoms with Crippen molar-refractivity contribution in [2.45, 2.75) is 45.4 Å². The van der Waals surface area contributed by atoms with E-state index in [1.165, 1.54) is 4.90 Å². The second-order valence-electron chi connectivity index (χ2n) is 9.55. The molecule has 0 aliphatic carbocycles. The number of carbonyl (C=O) groups excluding carboxylic acids is 1. The van der Waals surface area contributed by atoms with E-state index in [-0.39, 0.29) is 25.6 Å². The van der Waals surface area contributed by atoms with Crippen LogP contribution in [0.2, 0.25) is 0 Å². The molecule has 2 aromatic carbocycles. The third kappa shape index (κ3) is 6.98. The van der Waals surface area contributed by atoms with Crippen LogP contribution in [-0.2, 0) is 10.9 Å². The van der Waals surface area contributed by atoms with Gasteiger partial charge in [-0.2, -0.15) is 13.2 Å². The van der Waals surface area contributed by atoms with E-state index in [2.05, 4.69) is 5.32 Å². The maximum atomic E-state index is 14.3. The predicted molar refractivity (Wildman–Crippen MR) is 124 cm³/mol.